The summed E-state index contributed by atoms with van der Waals surface area (Å²) in [5.74, 6) is -0.850. The molecule has 2 aliphatic heterocycles. The Morgan fingerprint density at radius 2 is 1.03 bits per heavy atom. The number of hydrogen-bond acceptors (Lipinski definition) is 15. The Morgan fingerprint density at radius 1 is 0.529 bits per heavy atom. The van der Waals surface area contributed by atoms with Gasteiger partial charge in [0.1, 0.15) is 61.0 Å². The van der Waals surface area contributed by atoms with Crippen LogP contribution in [0.4, 0.5) is 0 Å². The molecule has 3 aliphatic rings. The first-order valence-corrected chi connectivity index (χ1v) is 10.9. The quantitative estimate of drug-likeness (QED) is 0.154. The molecule has 15 nitrogen and oxygen atoms in total. The first kappa shape index (κ1) is 28.0. The van der Waals surface area contributed by atoms with Crippen LogP contribution in [-0.4, -0.2) is 162 Å². The third kappa shape index (κ3) is 5.39. The van der Waals surface area contributed by atoms with Crippen molar-refractivity contribution < 1.29 is 75.1 Å². The molecular formula is C19H34O15. The van der Waals surface area contributed by atoms with Gasteiger partial charge in [0.2, 0.25) is 0 Å². The summed E-state index contributed by atoms with van der Waals surface area (Å²) in [7, 11) is 0. The number of aliphatic hydroxyl groups is 11. The maximum Gasteiger partial charge on any atom is 0.187 e. The summed E-state index contributed by atoms with van der Waals surface area (Å²) in [5, 5.41) is 110. The summed E-state index contributed by atoms with van der Waals surface area (Å²) >= 11 is 0. The Labute approximate surface area is 193 Å². The first-order valence-electron chi connectivity index (χ1n) is 10.9. The van der Waals surface area contributed by atoms with Gasteiger partial charge in [-0.25, -0.2) is 0 Å². The van der Waals surface area contributed by atoms with Gasteiger partial charge in [0, 0.05) is 12.5 Å². The minimum Gasteiger partial charge on any atom is -0.396 e. The SMILES string of the molecule is OCC1CC(O)C(O)C(O)C1OC1OC(CO)C(OC2OC(CO)C(O)C(O)C2O)C(O)C1O. The summed E-state index contributed by atoms with van der Waals surface area (Å²) in [5.41, 5.74) is 0. The molecule has 0 bridgehead atoms. The summed E-state index contributed by atoms with van der Waals surface area (Å²) in [6.07, 6.45) is -22.5. The molecule has 0 aromatic rings. The molecule has 15 unspecified atom stereocenters. The lowest BCUT2D eigenvalue weighted by Gasteiger charge is -2.48. The molecule has 15 atom stereocenters. The standard InChI is InChI=1S/C19H34O15/c20-2-5-1-6(23)9(24)12(27)16(5)33-19-15(30)13(28)17(8(4-22)32-19)34-18-14(29)11(26)10(25)7(3-21)31-18/h5-30H,1-4H2. The average Bonchev–Trinajstić information content (AvgIpc) is 2.83. The highest BCUT2D eigenvalue weighted by Crippen LogP contribution is 2.33. The van der Waals surface area contributed by atoms with E-state index in [-0.39, 0.29) is 6.42 Å². The molecule has 15 heteroatoms. The molecule has 0 aromatic carbocycles. The summed E-state index contributed by atoms with van der Waals surface area (Å²) in [6, 6.07) is 0. The molecule has 1 saturated carbocycles. The Balaban J connectivity index is 1.72. The Bertz CT molecular complexity index is 635. The third-order valence-electron chi connectivity index (χ3n) is 6.58. The predicted molar refractivity (Wildman–Crippen MR) is 104 cm³/mol. The minimum absolute atomic E-state index is 0.128. The zero-order valence-corrected chi connectivity index (χ0v) is 18.0. The van der Waals surface area contributed by atoms with Gasteiger partial charge in [0.25, 0.3) is 0 Å². The topological polar surface area (TPSA) is 259 Å². The smallest absolute Gasteiger partial charge is 0.187 e. The van der Waals surface area contributed by atoms with Gasteiger partial charge >= 0.3 is 0 Å². The Kier molecular flexibility index (Phi) is 9.57. The van der Waals surface area contributed by atoms with E-state index in [4.69, 9.17) is 18.9 Å². The molecule has 34 heavy (non-hydrogen) atoms. The molecule has 2 saturated heterocycles. The van der Waals surface area contributed by atoms with Gasteiger partial charge in [-0.2, -0.15) is 0 Å². The van der Waals surface area contributed by atoms with Gasteiger partial charge in [-0.05, 0) is 6.42 Å². The minimum atomic E-state index is -1.85. The fourth-order valence-corrected chi connectivity index (χ4v) is 4.48. The second-order valence-corrected chi connectivity index (χ2v) is 8.83. The van der Waals surface area contributed by atoms with Gasteiger partial charge in [0.15, 0.2) is 12.6 Å². The molecule has 3 rings (SSSR count). The van der Waals surface area contributed by atoms with E-state index in [9.17, 15) is 56.2 Å². The van der Waals surface area contributed by atoms with Crippen molar-refractivity contribution in [3.05, 3.63) is 0 Å². The van der Waals surface area contributed by atoms with Gasteiger partial charge in [-0.3, -0.25) is 0 Å². The van der Waals surface area contributed by atoms with E-state index in [1.807, 2.05) is 0 Å². The highest BCUT2D eigenvalue weighted by atomic mass is 16.7. The lowest BCUT2D eigenvalue weighted by atomic mass is 9.81. The highest BCUT2D eigenvalue weighted by Gasteiger charge is 2.52. The van der Waals surface area contributed by atoms with Crippen LogP contribution in [0.25, 0.3) is 0 Å². The van der Waals surface area contributed by atoms with Crippen molar-refractivity contribution >= 4 is 0 Å². The van der Waals surface area contributed by atoms with E-state index in [0.29, 0.717) is 0 Å². The lowest BCUT2D eigenvalue weighted by Crippen LogP contribution is -2.65. The van der Waals surface area contributed by atoms with Gasteiger partial charge in [-0.1, -0.05) is 0 Å². The summed E-state index contributed by atoms with van der Waals surface area (Å²) in [4.78, 5) is 0. The van der Waals surface area contributed by atoms with Crippen LogP contribution in [0.1, 0.15) is 6.42 Å². The number of rotatable bonds is 7. The molecule has 11 N–H and O–H groups in total. The molecule has 3 fully saturated rings. The molecule has 1 aliphatic carbocycles. The van der Waals surface area contributed by atoms with E-state index < -0.39 is 112 Å². The van der Waals surface area contributed by atoms with Crippen molar-refractivity contribution in [3.63, 3.8) is 0 Å². The van der Waals surface area contributed by atoms with Gasteiger partial charge < -0.3 is 75.1 Å². The van der Waals surface area contributed by atoms with E-state index >= 15 is 0 Å². The van der Waals surface area contributed by atoms with E-state index in [2.05, 4.69) is 0 Å². The fraction of sp³-hybridized carbons (Fsp3) is 1.00. The highest BCUT2D eigenvalue weighted by molar-refractivity contribution is 4.97. The van der Waals surface area contributed by atoms with E-state index in [0.717, 1.165) is 0 Å². The zero-order valence-electron chi connectivity index (χ0n) is 18.0. The van der Waals surface area contributed by atoms with Crippen LogP contribution in [0, 0.1) is 5.92 Å². The summed E-state index contributed by atoms with van der Waals surface area (Å²) in [6.45, 7) is -2.06. The van der Waals surface area contributed by atoms with Crippen LogP contribution < -0.4 is 0 Å². The van der Waals surface area contributed by atoms with E-state index in [1.54, 1.807) is 0 Å². The maximum atomic E-state index is 10.6. The van der Waals surface area contributed by atoms with Crippen molar-refractivity contribution in [2.45, 2.75) is 92.2 Å². The van der Waals surface area contributed by atoms with Crippen LogP contribution in [-0.2, 0) is 18.9 Å². The molecule has 2 heterocycles. The second kappa shape index (κ2) is 11.6. The van der Waals surface area contributed by atoms with Crippen LogP contribution in [0.5, 0.6) is 0 Å². The maximum absolute atomic E-state index is 10.6. The third-order valence-corrected chi connectivity index (χ3v) is 6.58. The lowest BCUT2D eigenvalue weighted by molar-refractivity contribution is -0.368. The number of ether oxygens (including phenoxy) is 4. The van der Waals surface area contributed by atoms with Crippen LogP contribution in [0.15, 0.2) is 0 Å². The number of hydrogen-bond donors (Lipinski definition) is 11. The normalized spacial score (nSPS) is 52.5. The van der Waals surface area contributed by atoms with Crippen LogP contribution >= 0.6 is 0 Å². The van der Waals surface area contributed by atoms with Crippen molar-refractivity contribution in [1.82, 2.24) is 0 Å². The molecule has 0 spiro atoms. The average molecular weight is 502 g/mol. The monoisotopic (exact) mass is 502 g/mol. The molecule has 0 radical (unpaired) electrons. The largest absolute Gasteiger partial charge is 0.396 e. The predicted octanol–water partition coefficient (Wildman–Crippen LogP) is -6.91. The van der Waals surface area contributed by atoms with Crippen molar-refractivity contribution in [2.75, 3.05) is 19.8 Å². The van der Waals surface area contributed by atoms with Crippen molar-refractivity contribution in [1.29, 1.82) is 0 Å². The number of aliphatic hydroxyl groups excluding tert-OH is 11. The molecule has 0 amide bonds. The fourth-order valence-electron chi connectivity index (χ4n) is 4.48. The zero-order chi connectivity index (χ0) is 25.3. The summed E-state index contributed by atoms with van der Waals surface area (Å²) < 4.78 is 21.7. The van der Waals surface area contributed by atoms with Crippen molar-refractivity contribution in [3.8, 4) is 0 Å². The first-order chi connectivity index (χ1) is 16.0. The van der Waals surface area contributed by atoms with Crippen LogP contribution in [0.2, 0.25) is 0 Å². The molecule has 200 valence electrons. The van der Waals surface area contributed by atoms with Crippen LogP contribution in [0.3, 0.4) is 0 Å². The van der Waals surface area contributed by atoms with E-state index in [1.165, 1.54) is 0 Å². The van der Waals surface area contributed by atoms with Gasteiger partial charge in [-0.15, -0.1) is 0 Å². The Morgan fingerprint density at radius 3 is 1.59 bits per heavy atom. The Hall–Kier alpha value is -0.600. The van der Waals surface area contributed by atoms with Crippen molar-refractivity contribution in [2.24, 2.45) is 5.92 Å². The van der Waals surface area contributed by atoms with Gasteiger partial charge in [0.05, 0.1) is 25.4 Å². The second-order valence-electron chi connectivity index (χ2n) is 8.83. The molecular weight excluding hydrogens is 468 g/mol. The molecule has 0 aromatic heterocycles.